The minimum atomic E-state index is -0.441. The van der Waals surface area contributed by atoms with Crippen LogP contribution in [-0.4, -0.2) is 19.1 Å². The first-order chi connectivity index (χ1) is 9.04. The maximum Gasteiger partial charge on any atom is 0.278 e. The van der Waals surface area contributed by atoms with E-state index in [9.17, 15) is 10.1 Å². The Kier molecular flexibility index (Phi) is 5.57. The lowest BCUT2D eigenvalue weighted by Crippen LogP contribution is -2.13. The van der Waals surface area contributed by atoms with Gasteiger partial charge in [0.05, 0.1) is 30.8 Å². The SMILES string of the molecule is CCCC[C@H](N)c1cc(OC)c(OC)cc1[N+](=O)[O-]. The molecule has 6 nitrogen and oxygen atoms in total. The van der Waals surface area contributed by atoms with Crippen LogP contribution in [-0.2, 0) is 0 Å². The van der Waals surface area contributed by atoms with Crippen molar-refractivity contribution in [3.8, 4) is 11.5 Å². The summed E-state index contributed by atoms with van der Waals surface area (Å²) in [6.45, 7) is 2.05. The number of nitro benzene ring substituents is 1. The summed E-state index contributed by atoms with van der Waals surface area (Å²) in [6, 6.07) is 2.58. The summed E-state index contributed by atoms with van der Waals surface area (Å²) >= 11 is 0. The third-order valence-electron chi connectivity index (χ3n) is 3.00. The van der Waals surface area contributed by atoms with Gasteiger partial charge in [-0.15, -0.1) is 0 Å². The van der Waals surface area contributed by atoms with Crippen molar-refractivity contribution >= 4 is 5.69 Å². The van der Waals surface area contributed by atoms with Crippen LogP contribution in [0.4, 0.5) is 5.69 Å². The molecule has 0 saturated carbocycles. The molecule has 0 saturated heterocycles. The molecule has 0 aliphatic rings. The summed E-state index contributed by atoms with van der Waals surface area (Å²) in [5.74, 6) is 0.788. The molecule has 1 aromatic rings. The first-order valence-electron chi connectivity index (χ1n) is 6.21. The summed E-state index contributed by atoms with van der Waals surface area (Å²) in [5.41, 5.74) is 6.49. The van der Waals surface area contributed by atoms with Gasteiger partial charge in [-0.3, -0.25) is 10.1 Å². The Bertz CT molecular complexity index is 449. The number of hydrogen-bond donors (Lipinski definition) is 1. The fourth-order valence-electron chi connectivity index (χ4n) is 1.92. The molecule has 1 aromatic carbocycles. The van der Waals surface area contributed by atoms with Gasteiger partial charge in [0.25, 0.3) is 5.69 Å². The number of hydrogen-bond acceptors (Lipinski definition) is 5. The summed E-state index contributed by atoms with van der Waals surface area (Å²) in [4.78, 5) is 10.7. The van der Waals surface area contributed by atoms with Gasteiger partial charge in [-0.1, -0.05) is 19.8 Å². The van der Waals surface area contributed by atoms with E-state index in [-0.39, 0.29) is 11.7 Å². The predicted molar refractivity (Wildman–Crippen MR) is 72.7 cm³/mol. The van der Waals surface area contributed by atoms with Gasteiger partial charge < -0.3 is 15.2 Å². The molecule has 1 atom stereocenters. The maximum absolute atomic E-state index is 11.1. The number of rotatable bonds is 7. The minimum absolute atomic E-state index is 0.0266. The molecule has 0 bridgehead atoms. The van der Waals surface area contributed by atoms with Crippen LogP contribution < -0.4 is 15.2 Å². The van der Waals surface area contributed by atoms with Gasteiger partial charge in [0.15, 0.2) is 11.5 Å². The van der Waals surface area contributed by atoms with Gasteiger partial charge in [-0.2, -0.15) is 0 Å². The van der Waals surface area contributed by atoms with Crippen LogP contribution >= 0.6 is 0 Å². The fraction of sp³-hybridized carbons (Fsp3) is 0.538. The Balaban J connectivity index is 3.23. The highest BCUT2D eigenvalue weighted by molar-refractivity contribution is 5.55. The van der Waals surface area contributed by atoms with Crippen LogP contribution in [0, 0.1) is 10.1 Å². The molecule has 0 fully saturated rings. The van der Waals surface area contributed by atoms with Crippen LogP contribution in [0.15, 0.2) is 12.1 Å². The highest BCUT2D eigenvalue weighted by Crippen LogP contribution is 2.37. The Morgan fingerprint density at radius 1 is 1.32 bits per heavy atom. The number of ether oxygens (including phenoxy) is 2. The van der Waals surface area contributed by atoms with Crippen molar-refractivity contribution in [2.24, 2.45) is 5.73 Å². The average Bonchev–Trinajstić information content (AvgIpc) is 2.42. The van der Waals surface area contributed by atoms with E-state index in [1.165, 1.54) is 20.3 Å². The Morgan fingerprint density at radius 3 is 2.37 bits per heavy atom. The van der Waals surface area contributed by atoms with E-state index in [1.54, 1.807) is 6.07 Å². The topological polar surface area (TPSA) is 87.6 Å². The standard InChI is InChI=1S/C13H20N2O4/c1-4-5-6-10(14)9-7-12(18-2)13(19-3)8-11(9)15(16)17/h7-8,10H,4-6,14H2,1-3H3/t10-/m0/s1. The van der Waals surface area contributed by atoms with Crippen molar-refractivity contribution in [3.05, 3.63) is 27.8 Å². The van der Waals surface area contributed by atoms with Gasteiger partial charge in [0.2, 0.25) is 0 Å². The second-order valence-electron chi connectivity index (χ2n) is 4.27. The Hall–Kier alpha value is -1.82. The molecule has 0 aliphatic heterocycles. The lowest BCUT2D eigenvalue weighted by Gasteiger charge is -2.15. The monoisotopic (exact) mass is 268 g/mol. The maximum atomic E-state index is 11.1. The second kappa shape index (κ2) is 6.94. The lowest BCUT2D eigenvalue weighted by atomic mass is 9.99. The number of nitro groups is 1. The van der Waals surface area contributed by atoms with E-state index in [0.717, 1.165) is 12.8 Å². The highest BCUT2D eigenvalue weighted by atomic mass is 16.6. The van der Waals surface area contributed by atoms with E-state index in [1.807, 2.05) is 0 Å². The third kappa shape index (κ3) is 3.57. The number of unbranched alkanes of at least 4 members (excludes halogenated alkanes) is 1. The van der Waals surface area contributed by atoms with Crippen molar-refractivity contribution in [2.75, 3.05) is 14.2 Å². The minimum Gasteiger partial charge on any atom is -0.493 e. The van der Waals surface area contributed by atoms with Crippen LogP contribution in [0.1, 0.15) is 37.8 Å². The van der Waals surface area contributed by atoms with E-state index in [4.69, 9.17) is 15.2 Å². The van der Waals surface area contributed by atoms with Crippen LogP contribution in [0.2, 0.25) is 0 Å². The lowest BCUT2D eigenvalue weighted by molar-refractivity contribution is -0.385. The summed E-state index contributed by atoms with van der Waals surface area (Å²) in [5, 5.41) is 11.1. The highest BCUT2D eigenvalue weighted by Gasteiger charge is 2.23. The van der Waals surface area contributed by atoms with E-state index < -0.39 is 4.92 Å². The number of methoxy groups -OCH3 is 2. The molecule has 0 heterocycles. The molecule has 1 rings (SSSR count). The van der Waals surface area contributed by atoms with Crippen molar-refractivity contribution < 1.29 is 14.4 Å². The van der Waals surface area contributed by atoms with Gasteiger partial charge >= 0.3 is 0 Å². The Labute approximate surface area is 112 Å². The summed E-state index contributed by atoms with van der Waals surface area (Å²) < 4.78 is 10.2. The molecule has 0 spiro atoms. The predicted octanol–water partition coefficient (Wildman–Crippen LogP) is 2.80. The van der Waals surface area contributed by atoms with Gasteiger partial charge in [-0.25, -0.2) is 0 Å². The molecule has 0 aromatic heterocycles. The molecule has 2 N–H and O–H groups in total. The summed E-state index contributed by atoms with van der Waals surface area (Å²) in [6.07, 6.45) is 2.62. The number of benzene rings is 1. The zero-order valence-electron chi connectivity index (χ0n) is 11.5. The van der Waals surface area contributed by atoms with Gasteiger partial charge in [-0.05, 0) is 12.5 Å². The number of nitrogens with two attached hydrogens (primary N) is 1. The number of nitrogens with zero attached hydrogens (tertiary/aromatic N) is 1. The zero-order chi connectivity index (χ0) is 14.4. The smallest absolute Gasteiger partial charge is 0.278 e. The third-order valence-corrected chi connectivity index (χ3v) is 3.00. The van der Waals surface area contributed by atoms with Crippen LogP contribution in [0.5, 0.6) is 11.5 Å². The first kappa shape index (κ1) is 15.2. The van der Waals surface area contributed by atoms with E-state index >= 15 is 0 Å². The second-order valence-corrected chi connectivity index (χ2v) is 4.27. The first-order valence-corrected chi connectivity index (χ1v) is 6.21. The molecular weight excluding hydrogens is 248 g/mol. The Morgan fingerprint density at radius 2 is 1.89 bits per heavy atom. The normalized spacial score (nSPS) is 12.0. The van der Waals surface area contributed by atoms with Crippen molar-refractivity contribution in [1.29, 1.82) is 0 Å². The fourth-order valence-corrected chi connectivity index (χ4v) is 1.92. The molecule has 106 valence electrons. The van der Waals surface area contributed by atoms with Gasteiger partial charge in [0, 0.05) is 6.04 Å². The van der Waals surface area contributed by atoms with E-state index in [2.05, 4.69) is 6.92 Å². The van der Waals surface area contributed by atoms with Crippen LogP contribution in [0.3, 0.4) is 0 Å². The van der Waals surface area contributed by atoms with Crippen molar-refractivity contribution in [1.82, 2.24) is 0 Å². The largest absolute Gasteiger partial charge is 0.493 e. The molecule has 0 aliphatic carbocycles. The molecule has 0 amide bonds. The average molecular weight is 268 g/mol. The zero-order valence-corrected chi connectivity index (χ0v) is 11.5. The molecule has 19 heavy (non-hydrogen) atoms. The molecular formula is C13H20N2O4. The quantitative estimate of drug-likeness (QED) is 0.606. The van der Waals surface area contributed by atoms with Crippen LogP contribution in [0.25, 0.3) is 0 Å². The van der Waals surface area contributed by atoms with Crippen molar-refractivity contribution in [2.45, 2.75) is 32.2 Å². The molecule has 6 heteroatoms. The van der Waals surface area contributed by atoms with E-state index in [0.29, 0.717) is 23.5 Å². The van der Waals surface area contributed by atoms with Crippen molar-refractivity contribution in [3.63, 3.8) is 0 Å². The molecule has 0 radical (unpaired) electrons. The summed E-state index contributed by atoms with van der Waals surface area (Å²) in [7, 11) is 2.93. The molecule has 0 unspecified atom stereocenters. The van der Waals surface area contributed by atoms with Gasteiger partial charge in [0.1, 0.15) is 0 Å².